The summed E-state index contributed by atoms with van der Waals surface area (Å²) in [7, 11) is 0. The Morgan fingerprint density at radius 3 is 2.34 bits per heavy atom. The van der Waals surface area contributed by atoms with Crippen LogP contribution in [0.15, 0.2) is 48.5 Å². The molecule has 1 heterocycles. The maximum atomic E-state index is 13.3. The van der Waals surface area contributed by atoms with Gasteiger partial charge in [-0.15, -0.1) is 10.2 Å². The number of nitrogens with one attached hydrogen (secondary N) is 1. The summed E-state index contributed by atoms with van der Waals surface area (Å²) in [6, 6.07) is 16.2. The molecule has 0 unspecified atom stereocenters. The van der Waals surface area contributed by atoms with Crippen LogP contribution in [0, 0.1) is 5.41 Å². The highest BCUT2D eigenvalue weighted by atomic mass is 16.5. The van der Waals surface area contributed by atoms with E-state index in [-0.39, 0.29) is 11.9 Å². The van der Waals surface area contributed by atoms with Crippen molar-refractivity contribution in [3.8, 4) is 22.5 Å². The molecule has 1 fully saturated rings. The second-order valence-corrected chi connectivity index (χ2v) is 10.3. The molecule has 202 valence electrons. The second kappa shape index (κ2) is 13.3. The monoisotopic (exact) mass is 517 g/mol. The van der Waals surface area contributed by atoms with E-state index in [1.54, 1.807) is 0 Å². The van der Waals surface area contributed by atoms with Crippen LogP contribution in [0.4, 0.5) is 0 Å². The zero-order valence-electron chi connectivity index (χ0n) is 22.6. The van der Waals surface area contributed by atoms with E-state index in [4.69, 9.17) is 4.74 Å². The zero-order valence-corrected chi connectivity index (χ0v) is 22.6. The van der Waals surface area contributed by atoms with E-state index in [0.717, 1.165) is 73.6 Å². The van der Waals surface area contributed by atoms with E-state index in [2.05, 4.69) is 58.7 Å². The highest BCUT2D eigenvalue weighted by molar-refractivity contribution is 5.81. The predicted molar refractivity (Wildman–Crippen MR) is 147 cm³/mol. The number of H-pyrrole nitrogens is 1. The van der Waals surface area contributed by atoms with Gasteiger partial charge in [0, 0.05) is 25.1 Å². The molecule has 38 heavy (non-hydrogen) atoms. The molecule has 0 atom stereocenters. The summed E-state index contributed by atoms with van der Waals surface area (Å²) in [4.78, 5) is 28.4. The number of tetrazole rings is 1. The van der Waals surface area contributed by atoms with Gasteiger partial charge in [0.1, 0.15) is 0 Å². The molecule has 0 saturated heterocycles. The first-order valence-electron chi connectivity index (χ1n) is 13.9. The Hall–Kier alpha value is -3.55. The molecule has 0 radical (unpaired) electrons. The fourth-order valence-electron chi connectivity index (χ4n) is 5.24. The summed E-state index contributed by atoms with van der Waals surface area (Å²) >= 11 is 0. The third-order valence-electron chi connectivity index (χ3n) is 7.47. The fourth-order valence-corrected chi connectivity index (χ4v) is 5.24. The number of carbonyl (C=O) groups excluding carboxylic acids is 2. The topological polar surface area (TPSA) is 101 Å². The van der Waals surface area contributed by atoms with Gasteiger partial charge in [-0.05, 0) is 47.6 Å². The maximum Gasteiger partial charge on any atom is 0.313 e. The average Bonchev–Trinajstić information content (AvgIpc) is 3.65. The lowest BCUT2D eigenvalue weighted by Gasteiger charge is -2.34. The van der Waals surface area contributed by atoms with Gasteiger partial charge < -0.3 is 9.64 Å². The third-order valence-corrected chi connectivity index (χ3v) is 7.47. The van der Waals surface area contributed by atoms with Crippen molar-refractivity contribution in [2.45, 2.75) is 78.2 Å². The van der Waals surface area contributed by atoms with Gasteiger partial charge in [0.15, 0.2) is 0 Å². The van der Waals surface area contributed by atoms with Crippen LogP contribution >= 0.6 is 0 Å². The van der Waals surface area contributed by atoms with Gasteiger partial charge in [-0.1, -0.05) is 88.1 Å². The van der Waals surface area contributed by atoms with Crippen LogP contribution in [-0.2, 0) is 20.9 Å². The van der Waals surface area contributed by atoms with Crippen molar-refractivity contribution in [2.75, 3.05) is 13.2 Å². The molecule has 0 spiro atoms. The van der Waals surface area contributed by atoms with Gasteiger partial charge in [0.2, 0.25) is 11.7 Å². The van der Waals surface area contributed by atoms with Gasteiger partial charge in [-0.2, -0.15) is 5.21 Å². The van der Waals surface area contributed by atoms with Crippen LogP contribution in [0.3, 0.4) is 0 Å². The molecule has 8 nitrogen and oxygen atoms in total. The van der Waals surface area contributed by atoms with Gasteiger partial charge >= 0.3 is 5.97 Å². The van der Waals surface area contributed by atoms with E-state index >= 15 is 0 Å². The summed E-state index contributed by atoms with van der Waals surface area (Å²) in [6.07, 6.45) is 7.69. The van der Waals surface area contributed by atoms with Crippen molar-refractivity contribution in [1.29, 1.82) is 0 Å². The number of nitrogens with zero attached hydrogens (tertiary/aromatic N) is 4. The highest BCUT2D eigenvalue weighted by Gasteiger charge is 2.44. The fraction of sp³-hybridized carbons (Fsp3) is 0.500. The van der Waals surface area contributed by atoms with Crippen LogP contribution in [-0.4, -0.2) is 50.6 Å². The molecule has 3 aromatic rings. The molecule has 0 aliphatic heterocycles. The molecule has 0 bridgehead atoms. The number of esters is 1. The lowest BCUT2D eigenvalue weighted by molar-refractivity contribution is -0.158. The van der Waals surface area contributed by atoms with E-state index in [1.165, 1.54) is 0 Å². The van der Waals surface area contributed by atoms with E-state index in [0.29, 0.717) is 31.9 Å². The number of aromatic nitrogens is 4. The van der Waals surface area contributed by atoms with Crippen molar-refractivity contribution < 1.29 is 14.3 Å². The first-order chi connectivity index (χ1) is 18.6. The number of aromatic amines is 1. The minimum atomic E-state index is -0.598. The largest absolute Gasteiger partial charge is 0.465 e. The van der Waals surface area contributed by atoms with Gasteiger partial charge in [0.25, 0.3) is 0 Å². The third kappa shape index (κ3) is 6.65. The van der Waals surface area contributed by atoms with Gasteiger partial charge in [-0.3, -0.25) is 9.59 Å². The molecule has 1 aromatic heterocycles. The van der Waals surface area contributed by atoms with Crippen molar-refractivity contribution in [3.05, 3.63) is 54.1 Å². The number of hydrogen-bond donors (Lipinski definition) is 1. The SMILES string of the molecule is CCCCOC(=O)C1(CN(Cc2ccc(-c3ccccc3-c3nn[nH]n3)cc2)C(=O)CCCC)CCCC1. The lowest BCUT2D eigenvalue weighted by Crippen LogP contribution is -2.44. The number of carbonyl (C=O) groups is 2. The average molecular weight is 518 g/mol. The van der Waals surface area contributed by atoms with Crippen LogP contribution in [0.1, 0.15) is 77.2 Å². The molecule has 1 aliphatic carbocycles. The van der Waals surface area contributed by atoms with Crippen molar-refractivity contribution in [3.63, 3.8) is 0 Å². The van der Waals surface area contributed by atoms with E-state index in [9.17, 15) is 9.59 Å². The number of unbranched alkanes of at least 4 members (excludes halogenated alkanes) is 2. The Bertz CT molecular complexity index is 1170. The summed E-state index contributed by atoms with van der Waals surface area (Å²) in [6.45, 7) is 5.52. The zero-order chi connectivity index (χ0) is 26.8. The Balaban J connectivity index is 1.54. The van der Waals surface area contributed by atoms with E-state index in [1.807, 2.05) is 29.2 Å². The van der Waals surface area contributed by atoms with Crippen LogP contribution in [0.2, 0.25) is 0 Å². The molecule has 1 aliphatic rings. The first-order valence-corrected chi connectivity index (χ1v) is 13.9. The summed E-state index contributed by atoms with van der Waals surface area (Å²) in [5.74, 6) is 0.515. The smallest absolute Gasteiger partial charge is 0.313 e. The Morgan fingerprint density at radius 1 is 0.974 bits per heavy atom. The molecule has 1 amide bonds. The Labute approximate surface area is 225 Å². The quantitative estimate of drug-likeness (QED) is 0.222. The first kappa shape index (κ1) is 27.5. The Morgan fingerprint density at radius 2 is 1.68 bits per heavy atom. The second-order valence-electron chi connectivity index (χ2n) is 10.3. The van der Waals surface area contributed by atoms with Crippen molar-refractivity contribution >= 4 is 11.9 Å². The standard InChI is InChI=1S/C30H39N5O3/c1-3-5-13-27(36)35(22-30(18-9-10-19-30)29(37)38-20-6-4-2)21-23-14-16-24(17-15-23)25-11-7-8-12-26(25)28-31-33-34-32-28/h7-8,11-12,14-17H,3-6,9-10,13,18-22H2,1-2H3,(H,31,32,33,34). The van der Waals surface area contributed by atoms with Crippen molar-refractivity contribution in [1.82, 2.24) is 25.5 Å². The number of amides is 1. The molecular weight excluding hydrogens is 478 g/mol. The van der Waals surface area contributed by atoms with Crippen LogP contribution in [0.25, 0.3) is 22.5 Å². The molecule has 1 saturated carbocycles. The number of benzene rings is 2. The van der Waals surface area contributed by atoms with Gasteiger partial charge in [-0.25, -0.2) is 0 Å². The molecule has 8 heteroatoms. The van der Waals surface area contributed by atoms with E-state index < -0.39 is 5.41 Å². The molecular formula is C30H39N5O3. The minimum absolute atomic E-state index is 0.103. The molecule has 4 rings (SSSR count). The predicted octanol–water partition coefficient (Wildman–Crippen LogP) is 5.96. The highest BCUT2D eigenvalue weighted by Crippen LogP contribution is 2.41. The summed E-state index contributed by atoms with van der Waals surface area (Å²) in [5.41, 5.74) is 3.37. The minimum Gasteiger partial charge on any atom is -0.465 e. The number of rotatable bonds is 13. The Kier molecular flexibility index (Phi) is 9.62. The number of ether oxygens (including phenoxy) is 1. The van der Waals surface area contributed by atoms with Crippen molar-refractivity contribution in [2.24, 2.45) is 5.41 Å². The number of hydrogen-bond acceptors (Lipinski definition) is 6. The van der Waals surface area contributed by atoms with Crippen LogP contribution < -0.4 is 0 Å². The summed E-state index contributed by atoms with van der Waals surface area (Å²) in [5, 5.41) is 14.5. The maximum absolute atomic E-state index is 13.3. The lowest BCUT2D eigenvalue weighted by atomic mass is 9.85. The van der Waals surface area contributed by atoms with Gasteiger partial charge in [0.05, 0.1) is 12.0 Å². The van der Waals surface area contributed by atoms with Crippen LogP contribution in [0.5, 0.6) is 0 Å². The molecule has 1 N–H and O–H groups in total. The normalized spacial score (nSPS) is 14.4. The molecule has 2 aromatic carbocycles. The summed E-state index contributed by atoms with van der Waals surface area (Å²) < 4.78 is 5.69.